The molecule has 1 nitrogen and oxygen atoms in total. The van der Waals surface area contributed by atoms with Gasteiger partial charge >= 0.3 is 0 Å². The number of ether oxygens (including phenoxy) is 1. The van der Waals surface area contributed by atoms with Crippen LogP contribution in [0, 0.1) is 0 Å². The van der Waals surface area contributed by atoms with Crippen molar-refractivity contribution in [2.24, 2.45) is 0 Å². The van der Waals surface area contributed by atoms with Gasteiger partial charge in [0.15, 0.2) is 0 Å². The summed E-state index contributed by atoms with van der Waals surface area (Å²) in [5.74, 6) is 2.42. The van der Waals surface area contributed by atoms with Gasteiger partial charge in [-0.2, -0.15) is 24.4 Å². The molecule has 102 valence electrons. The Morgan fingerprint density at radius 2 is 1.47 bits per heavy atom. The minimum absolute atomic E-state index is 0.888. The Balaban J connectivity index is 1.75. The van der Waals surface area contributed by atoms with Gasteiger partial charge in [-0.05, 0) is 37.2 Å². The molecule has 1 rings (SSSR count). The second-order valence-electron chi connectivity index (χ2n) is 4.88. The summed E-state index contributed by atoms with van der Waals surface area (Å²) in [6.07, 6.45) is 12.3. The van der Waals surface area contributed by atoms with Crippen LogP contribution in [-0.2, 0) is 4.74 Å². The van der Waals surface area contributed by atoms with Crippen molar-refractivity contribution in [1.82, 2.24) is 0 Å². The van der Waals surface area contributed by atoms with Gasteiger partial charge < -0.3 is 4.74 Å². The first-order chi connectivity index (χ1) is 8.43. The fourth-order valence-corrected chi connectivity index (χ4v) is 3.64. The smallest absolute Gasteiger partial charge is 0.0476 e. The maximum Gasteiger partial charge on any atom is 0.0476 e. The molecule has 0 spiro atoms. The van der Waals surface area contributed by atoms with Gasteiger partial charge in [-0.1, -0.05) is 32.1 Å². The summed E-state index contributed by atoms with van der Waals surface area (Å²) in [6.45, 7) is 1.98. The zero-order valence-electron chi connectivity index (χ0n) is 11.0. The van der Waals surface area contributed by atoms with Crippen LogP contribution in [0.15, 0.2) is 0 Å². The van der Waals surface area contributed by atoms with Crippen LogP contribution in [0.1, 0.15) is 57.8 Å². The monoisotopic (exact) mass is 276 g/mol. The van der Waals surface area contributed by atoms with Crippen LogP contribution in [0.2, 0.25) is 0 Å². The molecular weight excluding hydrogens is 248 g/mol. The summed E-state index contributed by atoms with van der Waals surface area (Å²) in [7, 11) is 0. The number of hydrogen-bond acceptors (Lipinski definition) is 3. The summed E-state index contributed by atoms with van der Waals surface area (Å²) in [5, 5.41) is 0.888. The minimum Gasteiger partial charge on any atom is -0.381 e. The molecule has 0 unspecified atom stereocenters. The van der Waals surface area contributed by atoms with E-state index in [2.05, 4.69) is 24.4 Å². The van der Waals surface area contributed by atoms with Crippen molar-refractivity contribution >= 4 is 24.4 Å². The van der Waals surface area contributed by atoms with Crippen LogP contribution in [0.3, 0.4) is 0 Å². The summed E-state index contributed by atoms with van der Waals surface area (Å²) in [6, 6.07) is 0. The number of thioether (sulfide) groups is 1. The van der Waals surface area contributed by atoms with Crippen molar-refractivity contribution in [3.05, 3.63) is 0 Å². The summed E-state index contributed by atoms with van der Waals surface area (Å²) in [5.41, 5.74) is 0. The van der Waals surface area contributed by atoms with E-state index in [0.717, 1.165) is 24.2 Å². The van der Waals surface area contributed by atoms with Gasteiger partial charge in [0, 0.05) is 18.5 Å². The Labute approximate surface area is 117 Å². The molecule has 0 N–H and O–H groups in total. The quantitative estimate of drug-likeness (QED) is 0.463. The average Bonchev–Trinajstić information content (AvgIpc) is 2.38. The highest BCUT2D eigenvalue weighted by Crippen LogP contribution is 2.23. The molecule has 0 bridgehead atoms. The Hall–Kier alpha value is 0.660. The number of hydrogen-bond donors (Lipinski definition) is 1. The predicted octanol–water partition coefficient (Wildman–Crippen LogP) is 4.56. The molecule has 1 heterocycles. The first-order valence-electron chi connectivity index (χ1n) is 7.23. The van der Waals surface area contributed by atoms with Crippen molar-refractivity contribution < 1.29 is 4.74 Å². The topological polar surface area (TPSA) is 9.23 Å². The molecule has 1 aliphatic rings. The molecule has 0 aliphatic carbocycles. The largest absolute Gasteiger partial charge is 0.381 e. The van der Waals surface area contributed by atoms with E-state index >= 15 is 0 Å². The highest BCUT2D eigenvalue weighted by atomic mass is 32.2. The van der Waals surface area contributed by atoms with Gasteiger partial charge in [-0.15, -0.1) is 0 Å². The van der Waals surface area contributed by atoms with Crippen molar-refractivity contribution in [2.45, 2.75) is 63.0 Å². The van der Waals surface area contributed by atoms with E-state index in [0.29, 0.717) is 0 Å². The van der Waals surface area contributed by atoms with Crippen molar-refractivity contribution in [3.8, 4) is 0 Å². The van der Waals surface area contributed by atoms with Crippen LogP contribution >= 0.6 is 24.4 Å². The van der Waals surface area contributed by atoms with Crippen LogP contribution in [0.25, 0.3) is 0 Å². The zero-order valence-corrected chi connectivity index (χ0v) is 12.7. The lowest BCUT2D eigenvalue weighted by Crippen LogP contribution is -2.17. The second kappa shape index (κ2) is 11.7. The molecule has 3 heteroatoms. The first-order valence-corrected chi connectivity index (χ1v) is 8.92. The van der Waals surface area contributed by atoms with E-state index in [-0.39, 0.29) is 0 Å². The van der Waals surface area contributed by atoms with Crippen molar-refractivity contribution in [1.29, 1.82) is 0 Å². The molecule has 17 heavy (non-hydrogen) atoms. The summed E-state index contributed by atoms with van der Waals surface area (Å²) >= 11 is 6.41. The average molecular weight is 277 g/mol. The third kappa shape index (κ3) is 9.26. The lowest BCUT2D eigenvalue weighted by molar-refractivity contribution is 0.100. The first kappa shape index (κ1) is 15.7. The SMILES string of the molecule is SCCCCCCCCCSC1CCOCC1. The zero-order chi connectivity index (χ0) is 12.2. The number of unbranched alkanes of at least 4 members (excludes halogenated alkanes) is 6. The van der Waals surface area contributed by atoms with Gasteiger partial charge in [-0.25, -0.2) is 0 Å². The molecule has 1 saturated heterocycles. The summed E-state index contributed by atoms with van der Waals surface area (Å²) in [4.78, 5) is 0. The maximum absolute atomic E-state index is 5.37. The van der Waals surface area contributed by atoms with Crippen LogP contribution in [0.5, 0.6) is 0 Å². The normalized spacial score (nSPS) is 17.5. The van der Waals surface area contributed by atoms with Gasteiger partial charge in [-0.3, -0.25) is 0 Å². The van der Waals surface area contributed by atoms with Gasteiger partial charge in [0.05, 0.1) is 0 Å². The highest BCUT2D eigenvalue weighted by molar-refractivity contribution is 7.99. The summed E-state index contributed by atoms with van der Waals surface area (Å²) < 4.78 is 5.37. The molecule has 0 aromatic rings. The molecule has 1 fully saturated rings. The van der Waals surface area contributed by atoms with E-state index in [1.807, 2.05) is 0 Å². The Kier molecular flexibility index (Phi) is 10.8. The molecule has 0 saturated carbocycles. The van der Waals surface area contributed by atoms with Crippen LogP contribution < -0.4 is 0 Å². The lowest BCUT2D eigenvalue weighted by atomic mass is 10.1. The van der Waals surface area contributed by atoms with E-state index < -0.39 is 0 Å². The van der Waals surface area contributed by atoms with Gasteiger partial charge in [0.2, 0.25) is 0 Å². The fourth-order valence-electron chi connectivity index (χ4n) is 2.19. The molecule has 0 atom stereocenters. The lowest BCUT2D eigenvalue weighted by Gasteiger charge is -2.21. The van der Waals surface area contributed by atoms with Gasteiger partial charge in [0.25, 0.3) is 0 Å². The predicted molar refractivity (Wildman–Crippen MR) is 82.5 cm³/mol. The van der Waals surface area contributed by atoms with Crippen LogP contribution in [0.4, 0.5) is 0 Å². The third-order valence-electron chi connectivity index (χ3n) is 3.32. The Morgan fingerprint density at radius 1 is 0.882 bits per heavy atom. The number of thiol groups is 1. The highest BCUT2D eigenvalue weighted by Gasteiger charge is 2.13. The van der Waals surface area contributed by atoms with Gasteiger partial charge in [0.1, 0.15) is 0 Å². The molecule has 0 aromatic carbocycles. The van der Waals surface area contributed by atoms with Crippen molar-refractivity contribution in [2.75, 3.05) is 24.7 Å². The van der Waals surface area contributed by atoms with Crippen molar-refractivity contribution in [3.63, 3.8) is 0 Å². The van der Waals surface area contributed by atoms with E-state index in [4.69, 9.17) is 4.74 Å². The molecular formula is C14H28OS2. The second-order valence-corrected chi connectivity index (χ2v) is 6.74. The maximum atomic E-state index is 5.37. The molecule has 1 aliphatic heterocycles. The standard InChI is InChI=1S/C14H28OS2/c16-12-6-4-2-1-3-5-7-13-17-14-8-10-15-11-9-14/h14,16H,1-13H2. The minimum atomic E-state index is 0.888. The number of rotatable bonds is 10. The van der Waals surface area contributed by atoms with E-state index in [9.17, 15) is 0 Å². The van der Waals surface area contributed by atoms with E-state index in [1.54, 1.807) is 0 Å². The molecule has 0 radical (unpaired) electrons. The van der Waals surface area contributed by atoms with E-state index in [1.165, 1.54) is 63.5 Å². The third-order valence-corrected chi connectivity index (χ3v) is 5.11. The Morgan fingerprint density at radius 3 is 2.12 bits per heavy atom. The molecule has 0 aromatic heterocycles. The van der Waals surface area contributed by atoms with Crippen LogP contribution in [-0.4, -0.2) is 30.0 Å². The molecule has 0 amide bonds. The Bertz CT molecular complexity index is 158. The fraction of sp³-hybridized carbons (Fsp3) is 1.00.